The monoisotopic (exact) mass is 291 g/mol. The summed E-state index contributed by atoms with van der Waals surface area (Å²) in [6.45, 7) is 1.69. The molecule has 114 valence electrons. The number of oxime groups is 1. The van der Waals surface area contributed by atoms with Crippen LogP contribution in [0.2, 0.25) is 0 Å². The molecule has 0 bridgehead atoms. The van der Waals surface area contributed by atoms with Crippen molar-refractivity contribution in [3.05, 3.63) is 23.8 Å². The average molecular weight is 291 g/mol. The normalized spacial score (nSPS) is 28.8. The molecule has 3 unspecified atom stereocenters. The Bertz CT molecular complexity index is 561. The number of rotatable bonds is 3. The van der Waals surface area contributed by atoms with E-state index in [1.54, 1.807) is 19.2 Å². The molecule has 3 atom stereocenters. The van der Waals surface area contributed by atoms with Crippen LogP contribution in [0.25, 0.3) is 0 Å². The topological polar surface area (TPSA) is 91.3 Å². The molecule has 1 saturated heterocycles. The standard InChI is InChI=1S/C15H21N3O3/c1-21-10-3-4-11(15(16)17-20)13(6-10)18-7-9-2-5-14(19)12(9)8-18/h3-4,6,9,12,14,19-20H,2,5,7-8H2,1H3,(H2,16,17). The third kappa shape index (κ3) is 2.40. The van der Waals surface area contributed by atoms with E-state index >= 15 is 0 Å². The van der Waals surface area contributed by atoms with Crippen molar-refractivity contribution in [3.63, 3.8) is 0 Å². The van der Waals surface area contributed by atoms with Crippen molar-refractivity contribution >= 4 is 11.5 Å². The highest BCUT2D eigenvalue weighted by atomic mass is 16.5. The van der Waals surface area contributed by atoms with Gasteiger partial charge in [-0.3, -0.25) is 0 Å². The van der Waals surface area contributed by atoms with E-state index < -0.39 is 0 Å². The first-order chi connectivity index (χ1) is 10.1. The maximum Gasteiger partial charge on any atom is 0.172 e. The van der Waals surface area contributed by atoms with Gasteiger partial charge in [0.15, 0.2) is 5.84 Å². The van der Waals surface area contributed by atoms with Gasteiger partial charge in [0, 0.05) is 30.6 Å². The van der Waals surface area contributed by atoms with E-state index in [0.717, 1.165) is 37.4 Å². The van der Waals surface area contributed by atoms with Crippen molar-refractivity contribution in [2.75, 3.05) is 25.1 Å². The van der Waals surface area contributed by atoms with Crippen LogP contribution in [0.4, 0.5) is 5.69 Å². The zero-order valence-corrected chi connectivity index (χ0v) is 12.1. The molecule has 2 aliphatic rings. The van der Waals surface area contributed by atoms with Crippen LogP contribution >= 0.6 is 0 Å². The Kier molecular flexibility index (Phi) is 3.63. The number of ether oxygens (including phenoxy) is 1. The van der Waals surface area contributed by atoms with Gasteiger partial charge in [-0.1, -0.05) is 5.16 Å². The number of methoxy groups -OCH3 is 1. The number of nitrogens with two attached hydrogens (primary N) is 1. The second-order valence-electron chi connectivity index (χ2n) is 5.84. The van der Waals surface area contributed by atoms with Crippen molar-refractivity contribution in [1.29, 1.82) is 0 Å². The summed E-state index contributed by atoms with van der Waals surface area (Å²) in [7, 11) is 1.62. The SMILES string of the molecule is COc1ccc(/C(N)=N/O)c(N2CC3CCC(O)C3C2)c1. The minimum absolute atomic E-state index is 0.0882. The Morgan fingerprint density at radius 1 is 1.38 bits per heavy atom. The predicted octanol–water partition coefficient (Wildman–Crippen LogP) is 0.997. The average Bonchev–Trinajstić information content (AvgIpc) is 3.08. The van der Waals surface area contributed by atoms with Crippen LogP contribution in [0.15, 0.2) is 23.4 Å². The van der Waals surface area contributed by atoms with Crippen molar-refractivity contribution in [2.45, 2.75) is 18.9 Å². The molecule has 1 aliphatic carbocycles. The number of benzene rings is 1. The second-order valence-corrected chi connectivity index (χ2v) is 5.84. The van der Waals surface area contributed by atoms with Crippen LogP contribution < -0.4 is 15.4 Å². The van der Waals surface area contributed by atoms with Crippen LogP contribution in [0.5, 0.6) is 5.75 Å². The highest BCUT2D eigenvalue weighted by molar-refractivity contribution is 6.02. The summed E-state index contributed by atoms with van der Waals surface area (Å²) in [4.78, 5) is 2.20. The van der Waals surface area contributed by atoms with Crippen LogP contribution in [-0.4, -0.2) is 42.5 Å². The smallest absolute Gasteiger partial charge is 0.172 e. The quantitative estimate of drug-likeness (QED) is 0.334. The zero-order chi connectivity index (χ0) is 15.0. The lowest BCUT2D eigenvalue weighted by Gasteiger charge is -2.23. The van der Waals surface area contributed by atoms with Gasteiger partial charge in [-0.2, -0.15) is 0 Å². The van der Waals surface area contributed by atoms with Crippen LogP contribution in [0.3, 0.4) is 0 Å². The fourth-order valence-electron chi connectivity index (χ4n) is 3.60. The van der Waals surface area contributed by atoms with E-state index in [-0.39, 0.29) is 11.9 Å². The van der Waals surface area contributed by atoms with E-state index in [9.17, 15) is 5.11 Å². The van der Waals surface area contributed by atoms with Gasteiger partial charge in [0.05, 0.1) is 18.9 Å². The van der Waals surface area contributed by atoms with E-state index in [1.165, 1.54) is 0 Å². The number of nitrogens with zero attached hydrogens (tertiary/aromatic N) is 2. The number of hydrogen-bond acceptors (Lipinski definition) is 5. The Balaban J connectivity index is 1.94. The first-order valence-corrected chi connectivity index (χ1v) is 7.23. The number of amidine groups is 1. The van der Waals surface area contributed by atoms with Gasteiger partial charge in [0.1, 0.15) is 5.75 Å². The van der Waals surface area contributed by atoms with Gasteiger partial charge in [0.25, 0.3) is 0 Å². The van der Waals surface area contributed by atoms with Crippen molar-refractivity contribution in [3.8, 4) is 5.75 Å². The molecule has 1 aliphatic heterocycles. The molecule has 6 nitrogen and oxygen atoms in total. The van der Waals surface area contributed by atoms with Crippen LogP contribution in [0, 0.1) is 11.8 Å². The molecule has 2 fully saturated rings. The Morgan fingerprint density at radius 3 is 2.86 bits per heavy atom. The maximum atomic E-state index is 10.0. The summed E-state index contributed by atoms with van der Waals surface area (Å²) >= 11 is 0. The molecular weight excluding hydrogens is 270 g/mol. The molecule has 0 spiro atoms. The van der Waals surface area contributed by atoms with E-state index in [4.69, 9.17) is 15.7 Å². The molecule has 3 rings (SSSR count). The van der Waals surface area contributed by atoms with Gasteiger partial charge < -0.3 is 25.7 Å². The Labute approximate surface area is 123 Å². The number of hydrogen-bond donors (Lipinski definition) is 3. The van der Waals surface area contributed by atoms with Crippen molar-refractivity contribution < 1.29 is 15.1 Å². The van der Waals surface area contributed by atoms with Gasteiger partial charge in [-0.15, -0.1) is 0 Å². The van der Waals surface area contributed by atoms with E-state index in [2.05, 4.69) is 10.1 Å². The van der Waals surface area contributed by atoms with Crippen LogP contribution in [0.1, 0.15) is 18.4 Å². The van der Waals surface area contributed by atoms with Gasteiger partial charge in [-0.05, 0) is 30.9 Å². The largest absolute Gasteiger partial charge is 0.497 e. The Hall–Kier alpha value is -1.95. The van der Waals surface area contributed by atoms with Gasteiger partial charge in [0.2, 0.25) is 0 Å². The molecule has 0 radical (unpaired) electrons. The van der Waals surface area contributed by atoms with Crippen molar-refractivity contribution in [1.82, 2.24) is 0 Å². The third-order valence-electron chi connectivity index (χ3n) is 4.75. The summed E-state index contributed by atoms with van der Waals surface area (Å²) in [5, 5.41) is 22.1. The lowest BCUT2D eigenvalue weighted by molar-refractivity contribution is 0.133. The molecule has 6 heteroatoms. The molecular formula is C15H21N3O3. The zero-order valence-electron chi connectivity index (χ0n) is 12.1. The maximum absolute atomic E-state index is 10.0. The molecule has 1 aromatic rings. The summed E-state index contributed by atoms with van der Waals surface area (Å²) < 4.78 is 5.28. The third-order valence-corrected chi connectivity index (χ3v) is 4.75. The van der Waals surface area contributed by atoms with E-state index in [0.29, 0.717) is 17.4 Å². The van der Waals surface area contributed by atoms with E-state index in [1.807, 2.05) is 6.07 Å². The molecule has 0 amide bonds. The fraction of sp³-hybridized carbons (Fsp3) is 0.533. The molecule has 0 aromatic heterocycles. The number of aliphatic hydroxyl groups is 1. The van der Waals surface area contributed by atoms with Crippen molar-refractivity contribution in [2.24, 2.45) is 22.7 Å². The van der Waals surface area contributed by atoms with Gasteiger partial charge in [-0.25, -0.2) is 0 Å². The highest BCUT2D eigenvalue weighted by Crippen LogP contribution is 2.41. The summed E-state index contributed by atoms with van der Waals surface area (Å²) in [5.41, 5.74) is 7.36. The minimum atomic E-state index is -0.210. The minimum Gasteiger partial charge on any atom is -0.497 e. The first-order valence-electron chi connectivity index (χ1n) is 7.23. The number of aliphatic hydroxyl groups excluding tert-OH is 1. The predicted molar refractivity (Wildman–Crippen MR) is 79.9 cm³/mol. The summed E-state index contributed by atoms with van der Waals surface area (Å²) in [6, 6.07) is 5.50. The highest BCUT2D eigenvalue weighted by Gasteiger charge is 2.42. The number of anilines is 1. The molecule has 21 heavy (non-hydrogen) atoms. The number of fused-ring (bicyclic) bond motifs is 1. The summed E-state index contributed by atoms with van der Waals surface area (Å²) in [5.74, 6) is 1.66. The molecule has 1 aromatic carbocycles. The first kappa shape index (κ1) is 14.0. The Morgan fingerprint density at radius 2 is 2.19 bits per heavy atom. The second kappa shape index (κ2) is 5.44. The fourth-order valence-corrected chi connectivity index (χ4v) is 3.60. The van der Waals surface area contributed by atoms with Gasteiger partial charge >= 0.3 is 0 Å². The van der Waals surface area contributed by atoms with Crippen LogP contribution in [-0.2, 0) is 0 Å². The lowest BCUT2D eigenvalue weighted by Crippen LogP contribution is -2.27. The molecule has 1 heterocycles. The lowest BCUT2D eigenvalue weighted by atomic mass is 10.00. The molecule has 4 N–H and O–H groups in total. The molecule has 1 saturated carbocycles. The summed E-state index contributed by atoms with van der Waals surface area (Å²) in [6.07, 6.45) is 1.75.